The number of carbonyl (C=O) groups is 5. The lowest BCUT2D eigenvalue weighted by molar-refractivity contribution is -0.224. The molecule has 59 heavy (non-hydrogen) atoms. The number of carbonyl (C=O) groups excluding carboxylic acids is 4. The molecule has 4 saturated carbocycles. The number of ether oxygens (including phenoxy) is 8. The Morgan fingerprint density at radius 1 is 0.814 bits per heavy atom. The smallest absolute Gasteiger partial charge is 0.481 e. The van der Waals surface area contributed by atoms with Crippen molar-refractivity contribution in [2.45, 2.75) is 131 Å². The molecule has 6 aliphatic rings. The number of cyclic esters (lactones) is 2. The third-order valence-electron chi connectivity index (χ3n) is 16.5. The maximum Gasteiger partial charge on any atom is 0.509 e. The van der Waals surface area contributed by atoms with Crippen LogP contribution in [0.5, 0.6) is 0 Å². The molecule has 0 aromatic carbocycles. The van der Waals surface area contributed by atoms with Crippen molar-refractivity contribution in [3.05, 3.63) is 11.6 Å². The van der Waals surface area contributed by atoms with Gasteiger partial charge in [0.25, 0.3) is 0 Å². The van der Waals surface area contributed by atoms with Gasteiger partial charge in [-0.25, -0.2) is 4.79 Å². The molecule has 1 heterocycles. The summed E-state index contributed by atoms with van der Waals surface area (Å²) in [5.41, 5.74) is -2.64. The molecule has 2 unspecified atom stereocenters. The first-order valence-corrected chi connectivity index (χ1v) is 21.7. The second kappa shape index (κ2) is 17.4. The highest BCUT2D eigenvalue weighted by Gasteiger charge is 2.72. The van der Waals surface area contributed by atoms with Crippen molar-refractivity contribution in [2.24, 2.45) is 50.2 Å². The summed E-state index contributed by atoms with van der Waals surface area (Å²) < 4.78 is 44.0. The van der Waals surface area contributed by atoms with E-state index in [2.05, 4.69) is 27.7 Å². The minimum Gasteiger partial charge on any atom is -0.481 e. The zero-order chi connectivity index (χ0) is 43.0. The molecule has 1 N–H and O–H groups in total. The van der Waals surface area contributed by atoms with Gasteiger partial charge in [0.1, 0.15) is 24.2 Å². The first kappa shape index (κ1) is 45.5. The Bertz CT molecular complexity index is 1640. The van der Waals surface area contributed by atoms with Gasteiger partial charge >= 0.3 is 24.1 Å². The van der Waals surface area contributed by atoms with Gasteiger partial charge in [0.2, 0.25) is 0 Å². The molecular weight excluding hydrogens is 764 g/mol. The molecule has 14 nitrogen and oxygen atoms in total. The summed E-state index contributed by atoms with van der Waals surface area (Å²) in [6.45, 7) is 16.7. The summed E-state index contributed by atoms with van der Waals surface area (Å²) in [4.78, 5) is 67.4. The van der Waals surface area contributed by atoms with E-state index < -0.39 is 70.0 Å². The molecule has 0 aromatic heterocycles. The lowest BCUT2D eigenvalue weighted by Crippen LogP contribution is -2.68. The van der Waals surface area contributed by atoms with Crippen molar-refractivity contribution in [1.29, 1.82) is 0 Å². The number of aliphatic carboxylic acids is 1. The molecule has 14 heteroatoms. The summed E-state index contributed by atoms with van der Waals surface area (Å²) in [5, 5.41) is 10.3. The number of hydrogen-bond acceptors (Lipinski definition) is 13. The second-order valence-corrected chi connectivity index (χ2v) is 19.8. The normalized spacial score (nSPS) is 41.3. The van der Waals surface area contributed by atoms with Gasteiger partial charge in [-0.05, 0) is 118 Å². The molecule has 0 bridgehead atoms. The van der Waals surface area contributed by atoms with Crippen molar-refractivity contribution >= 4 is 29.8 Å². The number of allylic oxidation sites excluding steroid dienone is 2. The molecule has 0 amide bonds. The maximum atomic E-state index is 15.0. The van der Waals surface area contributed by atoms with E-state index >= 15 is 0 Å². The molecule has 12 atom stereocenters. The van der Waals surface area contributed by atoms with Gasteiger partial charge < -0.3 is 43.0 Å². The Morgan fingerprint density at radius 2 is 1.46 bits per heavy atom. The van der Waals surface area contributed by atoms with Crippen molar-refractivity contribution in [2.75, 3.05) is 60.0 Å². The molecule has 6 rings (SSSR count). The van der Waals surface area contributed by atoms with E-state index in [9.17, 15) is 29.1 Å². The maximum absolute atomic E-state index is 15.0. The summed E-state index contributed by atoms with van der Waals surface area (Å²) in [7, 11) is 1.61. The van der Waals surface area contributed by atoms with Crippen LogP contribution in [0.15, 0.2) is 11.6 Å². The highest BCUT2D eigenvalue weighted by molar-refractivity contribution is 5.96. The molecular formula is C45H68O14. The average molecular weight is 833 g/mol. The number of hydrogen-bond donors (Lipinski definition) is 1. The number of carboxylic acid groups (broad SMARTS) is 1. The van der Waals surface area contributed by atoms with Crippen LogP contribution in [-0.2, 0) is 57.1 Å². The summed E-state index contributed by atoms with van der Waals surface area (Å²) >= 11 is 0. The highest BCUT2D eigenvalue weighted by atomic mass is 16.8. The fourth-order valence-electron chi connectivity index (χ4n) is 12.5. The number of methoxy groups -OCH3 is 1. The largest absolute Gasteiger partial charge is 0.509 e. The van der Waals surface area contributed by atoms with Crippen molar-refractivity contribution in [3.63, 3.8) is 0 Å². The van der Waals surface area contributed by atoms with Gasteiger partial charge in [0.15, 0.2) is 11.9 Å². The predicted molar refractivity (Wildman–Crippen MR) is 212 cm³/mol. The van der Waals surface area contributed by atoms with E-state index in [4.69, 9.17) is 37.9 Å². The van der Waals surface area contributed by atoms with E-state index in [1.165, 1.54) is 0 Å². The Balaban J connectivity index is 1.21. The van der Waals surface area contributed by atoms with Crippen LogP contribution in [0, 0.1) is 50.2 Å². The van der Waals surface area contributed by atoms with Crippen LogP contribution in [0.2, 0.25) is 0 Å². The Labute approximate surface area is 349 Å². The van der Waals surface area contributed by atoms with E-state index in [0.717, 1.165) is 24.8 Å². The molecule has 5 aliphatic carbocycles. The fraction of sp³-hybridized carbons (Fsp3) is 0.844. The fourth-order valence-corrected chi connectivity index (χ4v) is 12.5. The Morgan fingerprint density at radius 3 is 2.08 bits per heavy atom. The minimum absolute atomic E-state index is 0.0165. The molecule has 1 aliphatic heterocycles. The molecule has 0 radical (unpaired) electrons. The van der Waals surface area contributed by atoms with E-state index in [0.29, 0.717) is 71.6 Å². The first-order valence-electron chi connectivity index (χ1n) is 21.7. The number of carboxylic acids is 1. The molecule has 1 saturated heterocycles. The highest BCUT2D eigenvalue weighted by Crippen LogP contribution is 2.75. The van der Waals surface area contributed by atoms with Gasteiger partial charge in [0, 0.05) is 13.0 Å². The lowest BCUT2D eigenvalue weighted by Gasteiger charge is -2.70. The third-order valence-corrected chi connectivity index (χ3v) is 16.5. The molecule has 332 valence electrons. The molecule has 0 spiro atoms. The number of ketones is 1. The quantitative estimate of drug-likeness (QED) is 0.0954. The van der Waals surface area contributed by atoms with Gasteiger partial charge in [0.05, 0.1) is 58.1 Å². The summed E-state index contributed by atoms with van der Waals surface area (Å²) in [6.07, 6.45) is 4.73. The molecule has 0 aromatic rings. The standard InChI is InChI=1S/C45H68O14/c1-28-32(58-39(51)57-28)27-56-38(50)45(7)33-9-13-44(6)36(31(46)25-29-30-26-41(3,37(48)49)15-14-40(30,2)16-17-43(29,44)5)42(33,4)12-10-34(45)59-35(47)11-18-53-21-22-55-24-23-54-20-19-52-8/h25,28,30,32-34,36H,9-24,26-27H2,1-8H3,(H,48,49)/t28?,30-,32?,33+,34-,36+,40+,41-,42-,43+,44+,45-/m0/s1. The van der Waals surface area contributed by atoms with Gasteiger partial charge in [-0.15, -0.1) is 0 Å². The van der Waals surface area contributed by atoms with Crippen molar-refractivity contribution in [1.82, 2.24) is 0 Å². The van der Waals surface area contributed by atoms with Crippen molar-refractivity contribution < 1.29 is 67.0 Å². The van der Waals surface area contributed by atoms with Crippen LogP contribution in [0.4, 0.5) is 4.79 Å². The van der Waals surface area contributed by atoms with Crippen LogP contribution in [0.25, 0.3) is 0 Å². The van der Waals surface area contributed by atoms with Gasteiger partial charge in [-0.3, -0.25) is 19.2 Å². The first-order chi connectivity index (χ1) is 27.8. The van der Waals surface area contributed by atoms with E-state index in [-0.39, 0.29) is 54.7 Å². The Kier molecular flexibility index (Phi) is 13.4. The number of fused-ring (bicyclic) bond motifs is 7. The van der Waals surface area contributed by atoms with Gasteiger partial charge in [-0.2, -0.15) is 0 Å². The zero-order valence-electron chi connectivity index (χ0n) is 36.5. The van der Waals surface area contributed by atoms with Crippen molar-refractivity contribution in [3.8, 4) is 0 Å². The average Bonchev–Trinajstić information content (AvgIpc) is 3.51. The summed E-state index contributed by atoms with van der Waals surface area (Å²) in [5.74, 6) is -2.65. The van der Waals surface area contributed by atoms with Crippen LogP contribution >= 0.6 is 0 Å². The van der Waals surface area contributed by atoms with Crippen LogP contribution in [0.3, 0.4) is 0 Å². The number of esters is 2. The topological polar surface area (TPSA) is 179 Å². The summed E-state index contributed by atoms with van der Waals surface area (Å²) in [6, 6.07) is 0. The van der Waals surface area contributed by atoms with E-state index in [1.54, 1.807) is 14.0 Å². The predicted octanol–water partition coefficient (Wildman–Crippen LogP) is 6.50. The Hall–Kier alpha value is -3.07. The second-order valence-electron chi connectivity index (χ2n) is 19.8. The zero-order valence-corrected chi connectivity index (χ0v) is 36.5. The SMILES string of the molecule is COCCOCCOCCOCCC(=O)O[C@H]1CC[C@@]2(C)[C@@H](CC[C@]3(C)[C@@H]2C(=O)C=C2[C@@H]4C[C@@](C)(C(=O)O)CC[C@]4(C)CC[C@]23C)[C@]1(C)C(=O)OCC1OC(=O)OC1C. The van der Waals surface area contributed by atoms with Crippen LogP contribution < -0.4 is 0 Å². The molecule has 5 fully saturated rings. The third kappa shape index (κ3) is 8.21. The lowest BCUT2D eigenvalue weighted by atomic mass is 9.33. The van der Waals surface area contributed by atoms with E-state index in [1.807, 2.05) is 19.9 Å². The van der Waals surface area contributed by atoms with Gasteiger partial charge in [-0.1, -0.05) is 33.3 Å². The monoisotopic (exact) mass is 832 g/mol. The minimum atomic E-state index is -1.33. The number of rotatable bonds is 17. The van der Waals surface area contributed by atoms with Crippen LogP contribution in [-0.4, -0.2) is 113 Å². The van der Waals surface area contributed by atoms with Crippen LogP contribution in [0.1, 0.15) is 113 Å².